The van der Waals surface area contributed by atoms with E-state index in [0.717, 1.165) is 0 Å². The Labute approximate surface area is 79.8 Å². The molecule has 1 aliphatic rings. The molecule has 2 unspecified atom stereocenters. The summed E-state index contributed by atoms with van der Waals surface area (Å²) in [4.78, 5) is 21.8. The van der Waals surface area contributed by atoms with Crippen LogP contribution in [0.2, 0.25) is 0 Å². The predicted octanol–water partition coefficient (Wildman–Crippen LogP) is 1.04. The zero-order chi connectivity index (χ0) is 10.3. The van der Waals surface area contributed by atoms with E-state index >= 15 is 0 Å². The van der Waals surface area contributed by atoms with Gasteiger partial charge in [-0.2, -0.15) is 0 Å². The van der Waals surface area contributed by atoms with Gasteiger partial charge in [-0.1, -0.05) is 24.3 Å². The second-order valence-corrected chi connectivity index (χ2v) is 3.30. The molecule has 1 aromatic carbocycles. The molecular formula is C10H8O4. The minimum Gasteiger partial charge on any atom is -0.481 e. The third-order valence-corrected chi connectivity index (χ3v) is 2.49. The van der Waals surface area contributed by atoms with E-state index < -0.39 is 23.8 Å². The summed E-state index contributed by atoms with van der Waals surface area (Å²) in [5, 5.41) is 17.8. The van der Waals surface area contributed by atoms with Gasteiger partial charge in [0.05, 0.1) is 11.8 Å². The third kappa shape index (κ3) is 1.08. The summed E-state index contributed by atoms with van der Waals surface area (Å²) in [5.41, 5.74) is 1.14. The highest BCUT2D eigenvalue weighted by molar-refractivity contribution is 5.90. The molecule has 0 saturated heterocycles. The summed E-state index contributed by atoms with van der Waals surface area (Å²) in [5.74, 6) is -4.04. The number of benzene rings is 1. The summed E-state index contributed by atoms with van der Waals surface area (Å²) in [6, 6.07) is 6.61. The summed E-state index contributed by atoms with van der Waals surface area (Å²) in [6.07, 6.45) is 0. The quantitative estimate of drug-likeness (QED) is 0.734. The van der Waals surface area contributed by atoms with Gasteiger partial charge in [0.2, 0.25) is 0 Å². The van der Waals surface area contributed by atoms with Gasteiger partial charge in [0, 0.05) is 0 Å². The highest BCUT2D eigenvalue weighted by atomic mass is 16.4. The zero-order valence-electron chi connectivity index (χ0n) is 7.18. The van der Waals surface area contributed by atoms with Crippen LogP contribution in [-0.2, 0) is 9.59 Å². The van der Waals surface area contributed by atoms with Crippen molar-refractivity contribution in [3.8, 4) is 0 Å². The Balaban J connectivity index is 2.50. The largest absolute Gasteiger partial charge is 0.481 e. The van der Waals surface area contributed by atoms with Crippen molar-refractivity contribution < 1.29 is 19.8 Å². The molecule has 0 amide bonds. The van der Waals surface area contributed by atoms with Crippen molar-refractivity contribution in [3.63, 3.8) is 0 Å². The van der Waals surface area contributed by atoms with Gasteiger partial charge in [0.1, 0.15) is 0 Å². The summed E-state index contributed by atoms with van der Waals surface area (Å²) in [7, 11) is 0. The normalized spacial score (nSPS) is 23.4. The van der Waals surface area contributed by atoms with Gasteiger partial charge < -0.3 is 10.2 Å². The van der Waals surface area contributed by atoms with Crippen LogP contribution >= 0.6 is 0 Å². The van der Waals surface area contributed by atoms with Crippen LogP contribution in [0.25, 0.3) is 0 Å². The molecule has 2 N–H and O–H groups in total. The van der Waals surface area contributed by atoms with Gasteiger partial charge in [-0.3, -0.25) is 9.59 Å². The minimum atomic E-state index is -1.08. The van der Waals surface area contributed by atoms with E-state index in [0.29, 0.717) is 11.1 Å². The monoisotopic (exact) mass is 192 g/mol. The first-order valence-electron chi connectivity index (χ1n) is 4.16. The van der Waals surface area contributed by atoms with Gasteiger partial charge in [-0.05, 0) is 11.1 Å². The lowest BCUT2D eigenvalue weighted by Gasteiger charge is -2.11. The van der Waals surface area contributed by atoms with Gasteiger partial charge in [0.15, 0.2) is 0 Å². The molecule has 0 fully saturated rings. The highest BCUT2D eigenvalue weighted by Gasteiger charge is 2.40. The first kappa shape index (κ1) is 8.74. The predicted molar refractivity (Wildman–Crippen MR) is 47.2 cm³/mol. The molecule has 0 spiro atoms. The van der Waals surface area contributed by atoms with Crippen LogP contribution in [0, 0.1) is 0 Å². The van der Waals surface area contributed by atoms with Crippen molar-refractivity contribution in [1.82, 2.24) is 0 Å². The van der Waals surface area contributed by atoms with Crippen molar-refractivity contribution in [2.75, 3.05) is 0 Å². The number of aliphatic carboxylic acids is 2. The maximum Gasteiger partial charge on any atom is 0.312 e. The van der Waals surface area contributed by atoms with Crippen molar-refractivity contribution in [1.29, 1.82) is 0 Å². The van der Waals surface area contributed by atoms with Gasteiger partial charge in [-0.25, -0.2) is 0 Å². The molecule has 4 nitrogen and oxygen atoms in total. The average Bonchev–Trinajstić information content (AvgIpc) is 2.37. The maximum absolute atomic E-state index is 10.9. The molecule has 2 bridgehead atoms. The zero-order valence-corrected chi connectivity index (χ0v) is 7.18. The SMILES string of the molecule is O=C(O)C1c2cccc(c2)C1C(=O)O. The lowest BCUT2D eigenvalue weighted by molar-refractivity contribution is -0.146. The van der Waals surface area contributed by atoms with Gasteiger partial charge in [-0.15, -0.1) is 0 Å². The summed E-state index contributed by atoms with van der Waals surface area (Å²) < 4.78 is 0. The van der Waals surface area contributed by atoms with E-state index in [9.17, 15) is 9.59 Å². The number of carbonyl (C=O) groups is 2. The highest BCUT2D eigenvalue weighted by Crippen LogP contribution is 2.40. The van der Waals surface area contributed by atoms with Crippen LogP contribution in [0.3, 0.4) is 0 Å². The Morgan fingerprint density at radius 2 is 1.43 bits per heavy atom. The van der Waals surface area contributed by atoms with E-state index in [-0.39, 0.29) is 0 Å². The lowest BCUT2D eigenvalue weighted by Crippen LogP contribution is -2.21. The Morgan fingerprint density at radius 3 is 1.79 bits per heavy atom. The Hall–Kier alpha value is -1.84. The molecule has 1 aliphatic carbocycles. The van der Waals surface area contributed by atoms with Crippen LogP contribution in [0.4, 0.5) is 0 Å². The van der Waals surface area contributed by atoms with Crippen LogP contribution in [-0.4, -0.2) is 22.2 Å². The van der Waals surface area contributed by atoms with E-state index in [1.807, 2.05) is 0 Å². The molecule has 2 rings (SSSR count). The molecule has 0 saturated carbocycles. The van der Waals surface area contributed by atoms with E-state index in [2.05, 4.69) is 0 Å². The number of carboxylic acid groups (broad SMARTS) is 2. The fourth-order valence-electron chi connectivity index (χ4n) is 1.90. The van der Waals surface area contributed by atoms with Gasteiger partial charge in [0.25, 0.3) is 0 Å². The number of hydrogen-bond acceptors (Lipinski definition) is 2. The minimum absolute atomic E-state index is 0.572. The number of carboxylic acids is 2. The summed E-state index contributed by atoms with van der Waals surface area (Å²) >= 11 is 0. The molecule has 72 valence electrons. The fraction of sp³-hybridized carbons (Fsp3) is 0.200. The van der Waals surface area contributed by atoms with E-state index in [1.54, 1.807) is 24.3 Å². The Morgan fingerprint density at radius 1 is 1.00 bits per heavy atom. The second kappa shape index (κ2) is 2.83. The maximum atomic E-state index is 10.9. The van der Waals surface area contributed by atoms with Crippen molar-refractivity contribution in [2.24, 2.45) is 0 Å². The van der Waals surface area contributed by atoms with E-state index in [4.69, 9.17) is 10.2 Å². The number of fused-ring (bicyclic) bond motifs is 2. The van der Waals surface area contributed by atoms with Crippen LogP contribution in [0.1, 0.15) is 23.0 Å². The first-order valence-corrected chi connectivity index (χ1v) is 4.16. The van der Waals surface area contributed by atoms with Crippen LogP contribution in [0.5, 0.6) is 0 Å². The molecule has 4 heteroatoms. The summed E-state index contributed by atoms with van der Waals surface area (Å²) in [6.45, 7) is 0. The Kier molecular flexibility index (Phi) is 1.77. The standard InChI is InChI=1S/C10H8O4/c11-9(12)7-5-2-1-3-6(4-5)8(7)10(13)14/h1-4,7-8H,(H,11,12)(H,13,14). The molecule has 0 radical (unpaired) electrons. The average molecular weight is 192 g/mol. The number of hydrogen-bond donors (Lipinski definition) is 2. The third-order valence-electron chi connectivity index (χ3n) is 2.49. The molecule has 14 heavy (non-hydrogen) atoms. The van der Waals surface area contributed by atoms with E-state index in [1.165, 1.54) is 0 Å². The molecule has 1 aromatic rings. The van der Waals surface area contributed by atoms with Crippen molar-refractivity contribution >= 4 is 11.9 Å². The Bertz CT molecular complexity index is 375. The first-order chi connectivity index (χ1) is 6.61. The topological polar surface area (TPSA) is 74.6 Å². The molecule has 0 heterocycles. The lowest BCUT2D eigenvalue weighted by atomic mass is 9.91. The smallest absolute Gasteiger partial charge is 0.312 e. The molecule has 0 aliphatic heterocycles. The van der Waals surface area contributed by atoms with Crippen LogP contribution < -0.4 is 0 Å². The second-order valence-electron chi connectivity index (χ2n) is 3.30. The van der Waals surface area contributed by atoms with Gasteiger partial charge >= 0.3 is 11.9 Å². The van der Waals surface area contributed by atoms with Crippen LogP contribution in [0.15, 0.2) is 24.3 Å². The molecule has 2 atom stereocenters. The molecule has 0 aromatic heterocycles. The van der Waals surface area contributed by atoms with Crippen molar-refractivity contribution in [2.45, 2.75) is 11.8 Å². The van der Waals surface area contributed by atoms with Crippen molar-refractivity contribution in [3.05, 3.63) is 35.4 Å². The fourth-order valence-corrected chi connectivity index (χ4v) is 1.90. The molecular weight excluding hydrogens is 184 g/mol. The number of rotatable bonds is 2.